The monoisotopic (exact) mass is 355 g/mol. The maximum Gasteiger partial charge on any atom is 0.293 e. The summed E-state index contributed by atoms with van der Waals surface area (Å²) in [5, 5.41) is 4.23. The van der Waals surface area contributed by atoms with E-state index in [1.54, 1.807) is 25.2 Å². The number of halogens is 2. The van der Waals surface area contributed by atoms with E-state index in [1.165, 1.54) is 15.6 Å². The summed E-state index contributed by atoms with van der Waals surface area (Å²) in [6.45, 7) is 6.02. The fourth-order valence-corrected chi connectivity index (χ4v) is 2.11. The van der Waals surface area contributed by atoms with E-state index in [2.05, 4.69) is 10.1 Å². The van der Waals surface area contributed by atoms with E-state index in [0.717, 1.165) is 0 Å². The lowest BCUT2D eigenvalue weighted by molar-refractivity contribution is 0.0736. The van der Waals surface area contributed by atoms with Gasteiger partial charge in [-0.05, 0) is 19.1 Å². The van der Waals surface area contributed by atoms with E-state index < -0.39 is 5.82 Å². The topological polar surface area (TPSA) is 77.0 Å². The molecule has 6 nitrogen and oxygen atoms in total. The van der Waals surface area contributed by atoms with Crippen LogP contribution in [0.5, 0.6) is 0 Å². The molecule has 0 saturated carbocycles. The second kappa shape index (κ2) is 8.21. The highest BCUT2D eigenvalue weighted by molar-refractivity contribution is 5.90. The summed E-state index contributed by atoms with van der Waals surface area (Å²) in [4.78, 5) is 18.3. The lowest BCUT2D eigenvalue weighted by Crippen LogP contribution is -2.40. The summed E-state index contributed by atoms with van der Waals surface area (Å²) in [5.74, 6) is -0.185. The molecule has 24 heavy (non-hydrogen) atoms. The molecule has 1 unspecified atom stereocenters. The van der Waals surface area contributed by atoms with Crippen LogP contribution >= 0.6 is 12.4 Å². The number of hydrogen-bond acceptors (Lipinski definition) is 4. The zero-order valence-electron chi connectivity index (χ0n) is 14.2. The van der Waals surface area contributed by atoms with Crippen LogP contribution in [0.15, 0.2) is 24.3 Å². The predicted octanol–water partition coefficient (Wildman–Crippen LogP) is 2.37. The number of carbonyl (C=O) groups excluding carboxylic acids is 1. The van der Waals surface area contributed by atoms with Gasteiger partial charge in [0.15, 0.2) is 0 Å². The Morgan fingerprint density at radius 3 is 2.50 bits per heavy atom. The molecular formula is C16H23ClFN5O. The molecule has 132 valence electrons. The van der Waals surface area contributed by atoms with Crippen molar-refractivity contribution in [2.45, 2.75) is 32.7 Å². The molecule has 0 fully saturated rings. The van der Waals surface area contributed by atoms with E-state index in [4.69, 9.17) is 5.73 Å². The highest BCUT2D eigenvalue weighted by Gasteiger charge is 2.24. The minimum atomic E-state index is -0.415. The number of likely N-dealkylation sites (N-methyl/N-ethyl adjacent to an activating group) is 1. The van der Waals surface area contributed by atoms with Crippen molar-refractivity contribution in [3.8, 4) is 5.69 Å². The second-order valence-electron chi connectivity index (χ2n) is 5.81. The van der Waals surface area contributed by atoms with Gasteiger partial charge < -0.3 is 10.6 Å². The molecule has 0 aliphatic carbocycles. The van der Waals surface area contributed by atoms with Crippen molar-refractivity contribution in [3.05, 3.63) is 41.7 Å². The molecule has 1 heterocycles. The summed E-state index contributed by atoms with van der Waals surface area (Å²) in [6, 6.07) is 6.15. The quantitative estimate of drug-likeness (QED) is 0.893. The number of nitrogens with two attached hydrogens (primary N) is 1. The van der Waals surface area contributed by atoms with Gasteiger partial charge in [-0.3, -0.25) is 4.79 Å². The molecule has 2 N–H and O–H groups in total. The first-order valence-corrected chi connectivity index (χ1v) is 7.55. The number of nitrogens with zero attached hydrogens (tertiary/aromatic N) is 4. The standard InChI is InChI=1S/C16H22FN5O.ClH/c1-10(2)15-19-14(16(23)21(4)11(3)9-18)20-22(15)13-8-6-5-7-12(13)17;/h5-8,10-11H,9,18H2,1-4H3;1H. The molecule has 0 aliphatic rings. The van der Waals surface area contributed by atoms with E-state index in [1.807, 2.05) is 20.8 Å². The first-order valence-electron chi connectivity index (χ1n) is 7.55. The fraction of sp³-hybridized carbons (Fsp3) is 0.438. The van der Waals surface area contributed by atoms with Crippen LogP contribution in [0.2, 0.25) is 0 Å². The fourth-order valence-electron chi connectivity index (χ4n) is 2.11. The van der Waals surface area contributed by atoms with Gasteiger partial charge in [0, 0.05) is 25.6 Å². The van der Waals surface area contributed by atoms with Crippen LogP contribution in [0.25, 0.3) is 5.69 Å². The molecule has 1 atom stereocenters. The summed E-state index contributed by atoms with van der Waals surface area (Å²) < 4.78 is 15.5. The molecule has 0 radical (unpaired) electrons. The number of carbonyl (C=O) groups is 1. The summed E-state index contributed by atoms with van der Waals surface area (Å²) in [5.41, 5.74) is 5.87. The number of benzene rings is 1. The Labute approximate surface area is 147 Å². The van der Waals surface area contributed by atoms with Crippen molar-refractivity contribution in [2.24, 2.45) is 5.73 Å². The number of amides is 1. The number of hydrogen-bond donors (Lipinski definition) is 1. The summed E-state index contributed by atoms with van der Waals surface area (Å²) >= 11 is 0. The third-order valence-corrected chi connectivity index (χ3v) is 3.74. The lowest BCUT2D eigenvalue weighted by atomic mass is 10.2. The van der Waals surface area contributed by atoms with Crippen LogP contribution in [0.1, 0.15) is 43.1 Å². The smallest absolute Gasteiger partial charge is 0.293 e. The van der Waals surface area contributed by atoms with Crippen molar-refractivity contribution < 1.29 is 9.18 Å². The van der Waals surface area contributed by atoms with Gasteiger partial charge in [-0.1, -0.05) is 26.0 Å². The molecule has 1 aromatic carbocycles. The van der Waals surface area contributed by atoms with Crippen molar-refractivity contribution in [1.82, 2.24) is 19.7 Å². The third-order valence-electron chi connectivity index (χ3n) is 3.74. The predicted molar refractivity (Wildman–Crippen MR) is 93.3 cm³/mol. The zero-order chi connectivity index (χ0) is 17.1. The Bertz CT molecular complexity index is 704. The Hall–Kier alpha value is -1.99. The van der Waals surface area contributed by atoms with Gasteiger partial charge in [-0.2, -0.15) is 0 Å². The van der Waals surface area contributed by atoms with Crippen LogP contribution in [-0.4, -0.2) is 45.2 Å². The molecule has 2 rings (SSSR count). The maximum absolute atomic E-state index is 14.1. The minimum Gasteiger partial charge on any atom is -0.335 e. The first kappa shape index (κ1) is 20.1. The van der Waals surface area contributed by atoms with Crippen molar-refractivity contribution in [3.63, 3.8) is 0 Å². The van der Waals surface area contributed by atoms with Gasteiger partial charge in [-0.15, -0.1) is 17.5 Å². The van der Waals surface area contributed by atoms with E-state index >= 15 is 0 Å². The number of rotatable bonds is 5. The van der Waals surface area contributed by atoms with Gasteiger partial charge in [-0.25, -0.2) is 14.1 Å². The third kappa shape index (κ3) is 3.91. The van der Waals surface area contributed by atoms with Crippen LogP contribution in [-0.2, 0) is 0 Å². The van der Waals surface area contributed by atoms with Crippen LogP contribution in [0, 0.1) is 5.82 Å². The van der Waals surface area contributed by atoms with Crippen LogP contribution < -0.4 is 5.73 Å². The highest BCUT2D eigenvalue weighted by Crippen LogP contribution is 2.20. The Balaban J connectivity index is 0.00000288. The van der Waals surface area contributed by atoms with Crippen molar-refractivity contribution in [1.29, 1.82) is 0 Å². The summed E-state index contributed by atoms with van der Waals surface area (Å²) in [7, 11) is 1.65. The lowest BCUT2D eigenvalue weighted by Gasteiger charge is -2.21. The zero-order valence-corrected chi connectivity index (χ0v) is 15.0. The largest absolute Gasteiger partial charge is 0.335 e. The average molecular weight is 356 g/mol. The SMILES string of the molecule is CC(C)c1nc(C(=O)N(C)C(C)CN)nn1-c1ccccc1F.Cl. The molecule has 0 saturated heterocycles. The highest BCUT2D eigenvalue weighted by atomic mass is 35.5. The van der Waals surface area contributed by atoms with Gasteiger partial charge >= 0.3 is 0 Å². The number of para-hydroxylation sites is 1. The first-order chi connectivity index (χ1) is 10.9. The second-order valence-corrected chi connectivity index (χ2v) is 5.81. The average Bonchev–Trinajstić information content (AvgIpc) is 2.98. The molecule has 1 amide bonds. The van der Waals surface area contributed by atoms with Gasteiger partial charge in [0.1, 0.15) is 17.3 Å². The van der Waals surface area contributed by atoms with E-state index in [0.29, 0.717) is 12.4 Å². The molecule has 0 spiro atoms. The van der Waals surface area contributed by atoms with Gasteiger partial charge in [0.05, 0.1) is 0 Å². The van der Waals surface area contributed by atoms with Crippen molar-refractivity contribution in [2.75, 3.05) is 13.6 Å². The molecule has 2 aromatic rings. The van der Waals surface area contributed by atoms with Crippen LogP contribution in [0.4, 0.5) is 4.39 Å². The summed E-state index contributed by atoms with van der Waals surface area (Å²) in [6.07, 6.45) is 0. The van der Waals surface area contributed by atoms with E-state index in [-0.39, 0.29) is 41.8 Å². The van der Waals surface area contributed by atoms with E-state index in [9.17, 15) is 9.18 Å². The molecule has 8 heteroatoms. The van der Waals surface area contributed by atoms with Gasteiger partial charge in [0.2, 0.25) is 5.82 Å². The maximum atomic E-state index is 14.1. The normalized spacial score (nSPS) is 12.0. The van der Waals surface area contributed by atoms with Gasteiger partial charge in [0.25, 0.3) is 5.91 Å². The molecular weight excluding hydrogens is 333 g/mol. The van der Waals surface area contributed by atoms with Crippen molar-refractivity contribution >= 4 is 18.3 Å². The Kier molecular flexibility index (Phi) is 6.86. The molecule has 0 bridgehead atoms. The Morgan fingerprint density at radius 1 is 1.33 bits per heavy atom. The Morgan fingerprint density at radius 2 is 1.96 bits per heavy atom. The molecule has 1 aromatic heterocycles. The van der Waals surface area contributed by atoms with Crippen LogP contribution in [0.3, 0.4) is 0 Å². The number of aromatic nitrogens is 3. The molecule has 0 aliphatic heterocycles. The minimum absolute atomic E-state index is 0.